The molecular weight excluding hydrogens is 317 g/mol. The van der Waals surface area contributed by atoms with Crippen molar-refractivity contribution in [3.8, 4) is 0 Å². The van der Waals surface area contributed by atoms with Crippen molar-refractivity contribution in [1.82, 2.24) is 14.8 Å². The maximum absolute atomic E-state index is 13.8. The Labute approximate surface area is 148 Å². The van der Waals surface area contributed by atoms with Crippen molar-refractivity contribution in [1.29, 1.82) is 0 Å². The normalized spacial score (nSPS) is 15.2. The van der Waals surface area contributed by atoms with E-state index < -0.39 is 0 Å². The number of hydrogen-bond acceptors (Lipinski definition) is 3. The zero-order valence-electron chi connectivity index (χ0n) is 14.7. The number of pyridine rings is 1. The summed E-state index contributed by atoms with van der Waals surface area (Å²) in [5.74, 6) is -0.170. The molecule has 0 radical (unpaired) electrons. The molecule has 0 N–H and O–H groups in total. The third-order valence-corrected chi connectivity index (χ3v) is 4.61. The highest BCUT2D eigenvalue weighted by molar-refractivity contribution is 5.79. The lowest BCUT2D eigenvalue weighted by Crippen LogP contribution is -2.41. The third-order valence-electron chi connectivity index (χ3n) is 4.61. The minimum atomic E-state index is -0.286. The Kier molecular flexibility index (Phi) is 5.43. The van der Waals surface area contributed by atoms with Crippen molar-refractivity contribution in [3.63, 3.8) is 0 Å². The van der Waals surface area contributed by atoms with E-state index in [-0.39, 0.29) is 24.3 Å². The number of rotatable bonds is 7. The number of carbonyl (C=O) groups excluding carboxylic acids is 1. The van der Waals surface area contributed by atoms with Gasteiger partial charge in [0.2, 0.25) is 5.91 Å². The number of carbonyl (C=O) groups is 1. The van der Waals surface area contributed by atoms with E-state index in [2.05, 4.69) is 4.98 Å². The van der Waals surface area contributed by atoms with Gasteiger partial charge < -0.3 is 4.90 Å². The largest absolute Gasteiger partial charge is 0.339 e. The van der Waals surface area contributed by atoms with Crippen LogP contribution in [0.4, 0.5) is 4.39 Å². The Hall–Kier alpha value is -2.27. The van der Waals surface area contributed by atoms with Gasteiger partial charge in [-0.15, -0.1) is 0 Å². The van der Waals surface area contributed by atoms with Crippen molar-refractivity contribution in [2.75, 3.05) is 20.1 Å². The highest BCUT2D eigenvalue weighted by atomic mass is 19.1. The molecule has 2 aromatic rings. The van der Waals surface area contributed by atoms with E-state index in [1.165, 1.54) is 12.1 Å². The minimum Gasteiger partial charge on any atom is -0.339 e. The minimum absolute atomic E-state index is 0.116. The smallest absolute Gasteiger partial charge is 0.237 e. The number of halogens is 1. The van der Waals surface area contributed by atoms with Crippen LogP contribution in [0.1, 0.15) is 37.1 Å². The van der Waals surface area contributed by atoms with Crippen LogP contribution in [0, 0.1) is 5.82 Å². The van der Waals surface area contributed by atoms with Crippen LogP contribution in [-0.2, 0) is 4.79 Å². The van der Waals surface area contributed by atoms with E-state index in [4.69, 9.17) is 0 Å². The summed E-state index contributed by atoms with van der Waals surface area (Å²) in [4.78, 5) is 21.0. The second kappa shape index (κ2) is 7.74. The van der Waals surface area contributed by atoms with Gasteiger partial charge in [-0.05, 0) is 56.6 Å². The van der Waals surface area contributed by atoms with Crippen LogP contribution in [0.25, 0.3) is 0 Å². The molecule has 132 valence electrons. The van der Waals surface area contributed by atoms with Crippen LogP contribution in [0.15, 0.2) is 48.7 Å². The summed E-state index contributed by atoms with van der Waals surface area (Å²) in [6.45, 7) is 3.02. The molecule has 0 unspecified atom stereocenters. The van der Waals surface area contributed by atoms with Crippen molar-refractivity contribution < 1.29 is 9.18 Å². The summed E-state index contributed by atoms with van der Waals surface area (Å²) in [7, 11) is 1.89. The molecule has 3 rings (SSSR count). The second-order valence-corrected chi connectivity index (χ2v) is 6.54. The van der Waals surface area contributed by atoms with Gasteiger partial charge in [-0.1, -0.05) is 18.2 Å². The molecule has 1 aliphatic carbocycles. The molecule has 5 heteroatoms. The van der Waals surface area contributed by atoms with E-state index in [0.717, 1.165) is 30.6 Å². The van der Waals surface area contributed by atoms with Crippen LogP contribution in [0.2, 0.25) is 0 Å². The maximum Gasteiger partial charge on any atom is 0.237 e. The summed E-state index contributed by atoms with van der Waals surface area (Å²) < 4.78 is 13.8. The van der Waals surface area contributed by atoms with Gasteiger partial charge in [0.15, 0.2) is 0 Å². The standard InChI is InChI=1S/C20H24FN3O/c1-3-24(17-10-11-17)19(25)14-23(2)20(18-9-4-5-12-22-18)15-7-6-8-16(21)13-15/h4-9,12-13,17,20H,3,10-11,14H2,1-2H3/t20-/m0/s1. The molecular formula is C20H24FN3O. The summed E-state index contributed by atoms with van der Waals surface area (Å²) in [6.07, 6.45) is 3.91. The van der Waals surface area contributed by atoms with E-state index in [9.17, 15) is 9.18 Å². The van der Waals surface area contributed by atoms with E-state index in [1.54, 1.807) is 12.3 Å². The quantitative estimate of drug-likeness (QED) is 0.776. The Balaban J connectivity index is 1.84. The molecule has 4 nitrogen and oxygen atoms in total. The summed E-state index contributed by atoms with van der Waals surface area (Å²) in [5.41, 5.74) is 1.60. The van der Waals surface area contributed by atoms with Gasteiger partial charge in [0.25, 0.3) is 0 Å². The fourth-order valence-electron chi connectivity index (χ4n) is 3.29. The molecule has 1 heterocycles. The van der Waals surface area contributed by atoms with Gasteiger partial charge in [-0.3, -0.25) is 14.7 Å². The molecule has 1 atom stereocenters. The number of nitrogens with zero attached hydrogens (tertiary/aromatic N) is 3. The van der Waals surface area contributed by atoms with Gasteiger partial charge in [0, 0.05) is 18.8 Å². The van der Waals surface area contributed by atoms with Crippen molar-refractivity contribution in [3.05, 3.63) is 65.7 Å². The lowest BCUT2D eigenvalue weighted by Gasteiger charge is -2.30. The van der Waals surface area contributed by atoms with Crippen LogP contribution in [-0.4, -0.2) is 46.9 Å². The number of hydrogen-bond donors (Lipinski definition) is 0. The summed E-state index contributed by atoms with van der Waals surface area (Å²) in [5, 5.41) is 0. The molecule has 1 aliphatic rings. The molecule has 1 aromatic heterocycles. The number of aromatic nitrogens is 1. The molecule has 0 aliphatic heterocycles. The summed E-state index contributed by atoms with van der Waals surface area (Å²) in [6, 6.07) is 12.3. The van der Waals surface area contributed by atoms with Crippen molar-refractivity contribution in [2.24, 2.45) is 0 Å². The Bertz CT molecular complexity index is 718. The molecule has 0 bridgehead atoms. The first-order valence-electron chi connectivity index (χ1n) is 8.76. The lowest BCUT2D eigenvalue weighted by molar-refractivity contribution is -0.132. The van der Waals surface area contributed by atoms with Gasteiger partial charge in [0.05, 0.1) is 18.3 Å². The van der Waals surface area contributed by atoms with Crippen molar-refractivity contribution >= 4 is 5.91 Å². The maximum atomic E-state index is 13.8. The van der Waals surface area contributed by atoms with Crippen LogP contribution < -0.4 is 0 Å². The lowest BCUT2D eigenvalue weighted by atomic mass is 10.0. The third kappa shape index (κ3) is 4.23. The van der Waals surface area contributed by atoms with Gasteiger partial charge in [-0.25, -0.2) is 4.39 Å². The summed E-state index contributed by atoms with van der Waals surface area (Å²) >= 11 is 0. The van der Waals surface area contributed by atoms with Crippen molar-refractivity contribution in [2.45, 2.75) is 31.8 Å². The highest BCUT2D eigenvalue weighted by Gasteiger charge is 2.32. The Morgan fingerprint density at radius 2 is 2.08 bits per heavy atom. The van der Waals surface area contributed by atoms with E-state index >= 15 is 0 Å². The van der Waals surface area contributed by atoms with Gasteiger partial charge in [-0.2, -0.15) is 0 Å². The van der Waals surface area contributed by atoms with Crippen LogP contribution >= 0.6 is 0 Å². The first-order valence-corrected chi connectivity index (χ1v) is 8.76. The second-order valence-electron chi connectivity index (χ2n) is 6.54. The van der Waals surface area contributed by atoms with Gasteiger partial charge >= 0.3 is 0 Å². The van der Waals surface area contributed by atoms with Crippen LogP contribution in [0.3, 0.4) is 0 Å². The number of amides is 1. The van der Waals surface area contributed by atoms with Crippen LogP contribution in [0.5, 0.6) is 0 Å². The number of benzene rings is 1. The Morgan fingerprint density at radius 1 is 1.28 bits per heavy atom. The zero-order valence-corrected chi connectivity index (χ0v) is 14.7. The zero-order chi connectivity index (χ0) is 17.8. The monoisotopic (exact) mass is 341 g/mol. The van der Waals surface area contributed by atoms with E-state index in [1.807, 2.05) is 48.0 Å². The molecule has 25 heavy (non-hydrogen) atoms. The Morgan fingerprint density at radius 3 is 2.68 bits per heavy atom. The predicted molar refractivity (Wildman–Crippen MR) is 95.5 cm³/mol. The molecule has 1 saturated carbocycles. The highest BCUT2D eigenvalue weighted by Crippen LogP contribution is 2.29. The topological polar surface area (TPSA) is 36.4 Å². The molecule has 1 aromatic carbocycles. The fraction of sp³-hybridized carbons (Fsp3) is 0.400. The first kappa shape index (κ1) is 17.5. The first-order chi connectivity index (χ1) is 12.1. The number of likely N-dealkylation sites (N-methyl/N-ethyl adjacent to an activating group) is 2. The average molecular weight is 341 g/mol. The molecule has 0 saturated heterocycles. The molecule has 1 amide bonds. The molecule has 0 spiro atoms. The predicted octanol–water partition coefficient (Wildman–Crippen LogP) is 3.25. The van der Waals surface area contributed by atoms with E-state index in [0.29, 0.717) is 6.04 Å². The SMILES string of the molecule is CCN(C(=O)CN(C)[C@@H](c1cccc(F)c1)c1ccccn1)C1CC1. The fourth-order valence-corrected chi connectivity index (χ4v) is 3.29. The van der Waals surface area contributed by atoms with Gasteiger partial charge in [0.1, 0.15) is 5.82 Å². The molecule has 1 fully saturated rings. The average Bonchev–Trinajstić information content (AvgIpc) is 3.42.